The van der Waals surface area contributed by atoms with E-state index in [1.807, 2.05) is 21.1 Å². The van der Waals surface area contributed by atoms with Crippen LogP contribution in [0.2, 0.25) is 0 Å². The van der Waals surface area contributed by atoms with Crippen molar-refractivity contribution in [3.05, 3.63) is 85.1 Å². The molecule has 0 aromatic rings. The van der Waals surface area contributed by atoms with Gasteiger partial charge in [0.2, 0.25) is 0 Å². The third-order valence-electron chi connectivity index (χ3n) is 8.90. The summed E-state index contributed by atoms with van der Waals surface area (Å²) in [6.45, 7) is 4.01. The normalized spacial score (nSPS) is 14.4. The number of carbonyl (C=O) groups is 2. The second-order valence-corrected chi connectivity index (χ2v) is 17.1. The van der Waals surface area contributed by atoms with Gasteiger partial charge < -0.3 is 27.9 Å². The summed E-state index contributed by atoms with van der Waals surface area (Å²) in [7, 11) is 1.12. The fraction of sp³-hybridized carbons (Fsp3) is 0.667. The summed E-state index contributed by atoms with van der Waals surface area (Å²) in [4.78, 5) is 37.5. The molecule has 0 spiro atoms. The van der Waals surface area contributed by atoms with E-state index in [9.17, 15) is 19.0 Å². The molecule has 0 aliphatic rings. The first-order chi connectivity index (χ1) is 28.0. The second-order valence-electron chi connectivity index (χ2n) is 15.7. The predicted molar refractivity (Wildman–Crippen MR) is 240 cm³/mol. The summed E-state index contributed by atoms with van der Waals surface area (Å²) in [6, 6.07) is 0. The van der Waals surface area contributed by atoms with Gasteiger partial charge in [0.1, 0.15) is 19.8 Å². The third kappa shape index (κ3) is 42.8. The molecule has 9 nitrogen and oxygen atoms in total. The van der Waals surface area contributed by atoms with Crippen molar-refractivity contribution in [2.45, 2.75) is 161 Å². The molecule has 10 heteroatoms. The monoisotopic (exact) mass is 832 g/mol. The number of carbonyl (C=O) groups excluding carboxylic acids is 2. The second kappa shape index (κ2) is 39.6. The maximum atomic E-state index is 12.7. The van der Waals surface area contributed by atoms with Gasteiger partial charge in [0, 0.05) is 12.8 Å². The van der Waals surface area contributed by atoms with Gasteiger partial charge in [-0.15, -0.1) is 0 Å². The molecule has 0 N–H and O–H groups in total. The lowest BCUT2D eigenvalue weighted by atomic mass is 10.1. The van der Waals surface area contributed by atoms with Gasteiger partial charge in [-0.05, 0) is 89.9 Å². The number of allylic oxidation sites excluding steroid dienone is 14. The molecule has 332 valence electrons. The number of rotatable bonds is 39. The van der Waals surface area contributed by atoms with Gasteiger partial charge in [-0.1, -0.05) is 137 Å². The summed E-state index contributed by atoms with van der Waals surface area (Å²) in [5.74, 6) is -0.897. The van der Waals surface area contributed by atoms with Gasteiger partial charge in [0.25, 0.3) is 7.82 Å². The number of nitrogens with zero attached hydrogens (tertiary/aromatic N) is 1. The molecule has 0 aliphatic heterocycles. The number of quaternary nitrogens is 1. The van der Waals surface area contributed by atoms with Gasteiger partial charge >= 0.3 is 11.9 Å². The van der Waals surface area contributed by atoms with Crippen molar-refractivity contribution in [1.82, 2.24) is 0 Å². The van der Waals surface area contributed by atoms with Crippen molar-refractivity contribution in [3.8, 4) is 0 Å². The molecule has 58 heavy (non-hydrogen) atoms. The van der Waals surface area contributed by atoms with E-state index in [0.717, 1.165) is 89.9 Å². The summed E-state index contributed by atoms with van der Waals surface area (Å²) < 4.78 is 33.9. The molecular weight excluding hydrogens is 750 g/mol. The average Bonchev–Trinajstić information content (AvgIpc) is 3.17. The zero-order valence-electron chi connectivity index (χ0n) is 37.2. The van der Waals surface area contributed by atoms with Gasteiger partial charge in [0.15, 0.2) is 6.10 Å². The largest absolute Gasteiger partial charge is 0.756 e. The van der Waals surface area contributed by atoms with Gasteiger partial charge in [-0.25, -0.2) is 0 Å². The Morgan fingerprint density at radius 3 is 1.48 bits per heavy atom. The Hall–Kier alpha value is -2.81. The number of unbranched alkanes of at least 4 members (excludes halogenated alkanes) is 11. The van der Waals surface area contributed by atoms with E-state index in [4.69, 9.17) is 18.5 Å². The van der Waals surface area contributed by atoms with Crippen molar-refractivity contribution in [2.75, 3.05) is 47.5 Å². The Bertz CT molecular complexity index is 1260. The van der Waals surface area contributed by atoms with Crippen LogP contribution in [0.25, 0.3) is 0 Å². The van der Waals surface area contributed by atoms with E-state index in [-0.39, 0.29) is 26.1 Å². The quantitative estimate of drug-likeness (QED) is 0.0198. The summed E-state index contributed by atoms with van der Waals surface area (Å²) in [5.41, 5.74) is 0. The number of ether oxygens (including phenoxy) is 2. The van der Waals surface area contributed by atoms with Gasteiger partial charge in [-0.2, -0.15) is 0 Å². The smallest absolute Gasteiger partial charge is 0.306 e. The Balaban J connectivity index is 4.47. The third-order valence-corrected chi connectivity index (χ3v) is 9.86. The number of likely N-dealkylation sites (N-methyl/N-ethyl adjacent to an activating group) is 1. The number of hydrogen-bond donors (Lipinski definition) is 0. The van der Waals surface area contributed by atoms with Crippen molar-refractivity contribution < 1.29 is 42.1 Å². The molecule has 0 bridgehead atoms. The van der Waals surface area contributed by atoms with E-state index in [1.54, 1.807) is 0 Å². The van der Waals surface area contributed by atoms with Crippen LogP contribution in [0.15, 0.2) is 85.1 Å². The highest BCUT2D eigenvalue weighted by molar-refractivity contribution is 7.45. The number of esters is 2. The molecule has 0 amide bonds. The van der Waals surface area contributed by atoms with Crippen LogP contribution in [0.3, 0.4) is 0 Å². The Labute approximate surface area is 354 Å². The van der Waals surface area contributed by atoms with Crippen molar-refractivity contribution in [2.24, 2.45) is 0 Å². The molecule has 0 saturated carbocycles. The number of phosphoric ester groups is 1. The van der Waals surface area contributed by atoms with E-state index >= 15 is 0 Å². The Morgan fingerprint density at radius 2 is 0.983 bits per heavy atom. The zero-order valence-corrected chi connectivity index (χ0v) is 38.1. The maximum absolute atomic E-state index is 12.7. The minimum Gasteiger partial charge on any atom is -0.756 e. The molecule has 1 unspecified atom stereocenters. The van der Waals surface area contributed by atoms with Crippen LogP contribution in [-0.2, 0) is 32.7 Å². The molecule has 0 aromatic heterocycles. The Kier molecular flexibility index (Phi) is 37.7. The minimum atomic E-state index is -4.64. The molecule has 2 atom stereocenters. The number of hydrogen-bond acceptors (Lipinski definition) is 8. The highest BCUT2D eigenvalue weighted by Crippen LogP contribution is 2.38. The molecule has 0 aliphatic carbocycles. The summed E-state index contributed by atoms with van der Waals surface area (Å²) >= 11 is 0. The van der Waals surface area contributed by atoms with Crippen LogP contribution in [0, 0.1) is 0 Å². The molecule has 0 heterocycles. The standard InChI is InChI=1S/C48H82NO8P/c1-6-8-10-12-14-16-18-20-22-23-24-25-27-29-31-33-35-37-39-41-48(51)57-46(45-56-58(52,53)55-43-42-49(3,4)5)44-54-47(50)40-38-36-34-32-30-28-26-21-19-17-15-13-11-9-7-2/h8,10,14-17,20-22,24-26,29,31,46H,6-7,9,11-13,18-19,23,27-28,30,32-45H2,1-5H3/b10-8+,16-14+,17-15+,22-20+,25-24+,26-21+,31-29+/t46-/m1/s1. The van der Waals surface area contributed by atoms with Crippen LogP contribution in [0.1, 0.15) is 155 Å². The zero-order chi connectivity index (χ0) is 42.8. The molecule has 0 radical (unpaired) electrons. The summed E-state index contributed by atoms with van der Waals surface area (Å²) in [6.07, 6.45) is 50.3. The maximum Gasteiger partial charge on any atom is 0.306 e. The molecule has 0 aromatic carbocycles. The SMILES string of the molecule is CC/C=C/C/C=C/C/C=C/C/C=C/C/C=C/CCCCCC(=O)O[C@H](COC(=O)CCCCCCC/C=C/C/C=C/CCCCC)COP(=O)([O-])OCC[N+](C)(C)C. The van der Waals surface area contributed by atoms with Crippen LogP contribution >= 0.6 is 7.82 Å². The molecule has 0 rings (SSSR count). The lowest BCUT2D eigenvalue weighted by molar-refractivity contribution is -0.870. The van der Waals surface area contributed by atoms with E-state index < -0.39 is 32.5 Å². The van der Waals surface area contributed by atoms with E-state index in [0.29, 0.717) is 23.9 Å². The van der Waals surface area contributed by atoms with E-state index in [1.165, 1.54) is 25.7 Å². The summed E-state index contributed by atoms with van der Waals surface area (Å²) in [5, 5.41) is 0. The lowest BCUT2D eigenvalue weighted by Crippen LogP contribution is -2.37. The van der Waals surface area contributed by atoms with E-state index in [2.05, 4.69) is 98.9 Å². The first-order valence-electron chi connectivity index (χ1n) is 22.3. The molecule has 0 fully saturated rings. The van der Waals surface area contributed by atoms with Crippen LogP contribution in [0.4, 0.5) is 0 Å². The fourth-order valence-electron chi connectivity index (χ4n) is 5.41. The highest BCUT2D eigenvalue weighted by Gasteiger charge is 2.21. The minimum absolute atomic E-state index is 0.0447. The molecule has 0 saturated heterocycles. The van der Waals surface area contributed by atoms with Crippen LogP contribution < -0.4 is 4.89 Å². The fourth-order valence-corrected chi connectivity index (χ4v) is 6.14. The molecular formula is C48H82NO8P. The van der Waals surface area contributed by atoms with Crippen molar-refractivity contribution >= 4 is 19.8 Å². The van der Waals surface area contributed by atoms with Crippen LogP contribution in [0.5, 0.6) is 0 Å². The first-order valence-corrected chi connectivity index (χ1v) is 23.8. The topological polar surface area (TPSA) is 111 Å². The lowest BCUT2D eigenvalue weighted by Gasteiger charge is -2.28. The predicted octanol–water partition coefficient (Wildman–Crippen LogP) is 12.2. The van der Waals surface area contributed by atoms with Gasteiger partial charge in [0.05, 0.1) is 27.7 Å². The first kappa shape index (κ1) is 55.2. The highest BCUT2D eigenvalue weighted by atomic mass is 31.2. The van der Waals surface area contributed by atoms with Gasteiger partial charge in [-0.3, -0.25) is 14.2 Å². The van der Waals surface area contributed by atoms with Crippen LogP contribution in [-0.4, -0.2) is 70.0 Å². The van der Waals surface area contributed by atoms with Crippen molar-refractivity contribution in [1.29, 1.82) is 0 Å². The number of phosphoric acid groups is 1. The average molecular weight is 832 g/mol. The Morgan fingerprint density at radius 1 is 0.552 bits per heavy atom. The van der Waals surface area contributed by atoms with Crippen molar-refractivity contribution in [3.63, 3.8) is 0 Å².